The molecular weight excluding hydrogens is 720 g/mol. The summed E-state index contributed by atoms with van der Waals surface area (Å²) in [7, 11) is 0. The van der Waals surface area contributed by atoms with Crippen molar-refractivity contribution in [3.8, 4) is 11.5 Å². The highest BCUT2D eigenvalue weighted by Gasteiger charge is 2.44. The fraction of sp³-hybridized carbons (Fsp3) is 0.404. The number of nitro benzene ring substituents is 1. The molecule has 0 aromatic heterocycles. The summed E-state index contributed by atoms with van der Waals surface area (Å²) in [4.78, 5) is 14.2. The first-order chi connectivity index (χ1) is 26.5. The monoisotopic (exact) mass is 777 g/mol. The van der Waals surface area contributed by atoms with Gasteiger partial charge >= 0.3 is 0 Å². The highest BCUT2D eigenvalue weighted by atomic mass is 35.5. The van der Waals surface area contributed by atoms with Crippen LogP contribution in [0.5, 0.6) is 11.5 Å². The van der Waals surface area contributed by atoms with Crippen LogP contribution in [0.25, 0.3) is 0 Å². The van der Waals surface area contributed by atoms with Crippen LogP contribution in [0.3, 0.4) is 0 Å². The predicted molar refractivity (Wildman–Crippen MR) is 229 cm³/mol. The van der Waals surface area contributed by atoms with Crippen molar-refractivity contribution >= 4 is 34.4 Å². The van der Waals surface area contributed by atoms with Crippen molar-refractivity contribution in [2.75, 3.05) is 23.7 Å². The van der Waals surface area contributed by atoms with Gasteiger partial charge in [-0.1, -0.05) is 69.1 Å². The molecule has 9 heteroatoms. The number of fused-ring (bicyclic) bond motifs is 1. The lowest BCUT2D eigenvalue weighted by Gasteiger charge is -2.30. The number of benzene rings is 4. The van der Waals surface area contributed by atoms with Crippen molar-refractivity contribution in [2.24, 2.45) is 0 Å². The third-order valence-electron chi connectivity index (χ3n) is 11.0. The van der Waals surface area contributed by atoms with Crippen molar-refractivity contribution in [3.05, 3.63) is 139 Å². The van der Waals surface area contributed by atoms with E-state index < -0.39 is 5.41 Å². The molecule has 0 spiro atoms. The third kappa shape index (κ3) is 9.08. The normalized spacial score (nSPS) is 16.6. The molecular formula is C47H58ClN4O4+. The molecule has 1 heterocycles. The van der Waals surface area contributed by atoms with E-state index in [0.717, 1.165) is 72.2 Å². The smallest absolute Gasteiger partial charge is 0.270 e. The minimum atomic E-state index is -0.420. The molecule has 6 rings (SSSR count). The van der Waals surface area contributed by atoms with Crippen LogP contribution < -0.4 is 25.4 Å². The largest absolute Gasteiger partial charge is 0.491 e. The van der Waals surface area contributed by atoms with E-state index in [2.05, 4.69) is 86.4 Å². The number of nitro groups is 1. The van der Waals surface area contributed by atoms with Crippen molar-refractivity contribution in [3.63, 3.8) is 0 Å². The van der Waals surface area contributed by atoms with Crippen LogP contribution in [0.2, 0.25) is 0 Å². The SMILES string of the molecule is CC(C)Oc1ccc(CC[NH2+]c2ccc([N+](=O)[O-])cc2C(C)(C)CC2=C(Cl)/C(=C3/N(CCc4ccc(OC(C)C)cc4)c4ccc(N)cc4C3(C)C)CC2)cc1. The quantitative estimate of drug-likeness (QED) is 0.0707. The van der Waals surface area contributed by atoms with Gasteiger partial charge < -0.3 is 25.4 Å². The molecule has 0 atom stereocenters. The van der Waals surface area contributed by atoms with Crippen molar-refractivity contribution in [1.29, 1.82) is 0 Å². The molecule has 4 aromatic carbocycles. The highest BCUT2D eigenvalue weighted by molar-refractivity contribution is 6.33. The van der Waals surface area contributed by atoms with Gasteiger partial charge in [0.15, 0.2) is 0 Å². The molecule has 1 aliphatic carbocycles. The third-order valence-corrected chi connectivity index (χ3v) is 11.5. The van der Waals surface area contributed by atoms with Crippen molar-refractivity contribution in [1.82, 2.24) is 0 Å². The molecule has 4 aromatic rings. The number of anilines is 2. The Morgan fingerprint density at radius 2 is 1.48 bits per heavy atom. The topological polar surface area (TPSA) is 107 Å². The van der Waals surface area contributed by atoms with Crippen LogP contribution in [-0.4, -0.2) is 30.2 Å². The van der Waals surface area contributed by atoms with Gasteiger partial charge in [-0.3, -0.25) is 10.1 Å². The van der Waals surface area contributed by atoms with Gasteiger partial charge in [-0.2, -0.15) is 0 Å². The van der Waals surface area contributed by atoms with Gasteiger partial charge in [0.1, 0.15) is 17.2 Å². The Balaban J connectivity index is 1.27. The molecule has 8 nitrogen and oxygen atoms in total. The number of hydrogen-bond acceptors (Lipinski definition) is 6. The van der Waals surface area contributed by atoms with E-state index in [-0.39, 0.29) is 28.2 Å². The van der Waals surface area contributed by atoms with Gasteiger partial charge in [0.05, 0.1) is 23.7 Å². The summed E-state index contributed by atoms with van der Waals surface area (Å²) in [6, 6.07) is 28.2. The Morgan fingerprint density at radius 3 is 2.07 bits per heavy atom. The number of allylic oxidation sites excluding steroid dienone is 4. The number of nitrogen functional groups attached to an aromatic ring is 1. The second-order valence-electron chi connectivity index (χ2n) is 17.0. The molecule has 0 saturated carbocycles. The summed E-state index contributed by atoms with van der Waals surface area (Å²) in [6.45, 7) is 18.6. The average Bonchev–Trinajstić information content (AvgIpc) is 3.58. The zero-order chi connectivity index (χ0) is 40.4. The van der Waals surface area contributed by atoms with Crippen LogP contribution in [0.15, 0.2) is 107 Å². The Bertz CT molecular complexity index is 2120. The fourth-order valence-corrected chi connectivity index (χ4v) is 8.79. The van der Waals surface area contributed by atoms with Gasteiger partial charge in [0.2, 0.25) is 0 Å². The molecule has 0 radical (unpaired) electrons. The summed E-state index contributed by atoms with van der Waals surface area (Å²) in [6.07, 6.45) is 4.32. The zero-order valence-corrected chi connectivity index (χ0v) is 35.0. The van der Waals surface area contributed by atoms with Gasteiger partial charge in [0, 0.05) is 64.2 Å². The van der Waals surface area contributed by atoms with E-state index in [0.29, 0.717) is 6.42 Å². The highest BCUT2D eigenvalue weighted by Crippen LogP contribution is 2.54. The molecule has 4 N–H and O–H groups in total. The molecule has 0 bridgehead atoms. The zero-order valence-electron chi connectivity index (χ0n) is 34.2. The summed E-state index contributed by atoms with van der Waals surface area (Å²) < 4.78 is 11.7. The second-order valence-corrected chi connectivity index (χ2v) is 17.4. The van der Waals surface area contributed by atoms with Crippen molar-refractivity contribution < 1.29 is 19.7 Å². The maximum atomic E-state index is 12.0. The molecule has 0 fully saturated rings. The maximum absolute atomic E-state index is 12.0. The minimum absolute atomic E-state index is 0.0998. The molecule has 0 amide bonds. The predicted octanol–water partition coefficient (Wildman–Crippen LogP) is 10.4. The number of rotatable bonds is 15. The van der Waals surface area contributed by atoms with E-state index in [1.807, 2.05) is 52.0 Å². The standard InChI is InChI=1S/C47H57ClN4O4/c1-30(2)55-37-16-9-32(10-17-37)23-25-50-42-21-15-36(52(53)54)28-40(42)46(5,6)29-34-13-20-39(44(34)48)45-47(7,8)41-27-35(49)14-22-43(41)51(45)26-24-33-11-18-38(19-12-33)56-31(3)4/h9-12,14-19,21-22,27-28,30-31,50H,13,20,23-26,29,49H2,1-8H3/p+1/b45-39+. The number of halogens is 1. The lowest BCUT2D eigenvalue weighted by atomic mass is 9.77. The average molecular weight is 778 g/mol. The number of non-ortho nitro benzene ring substituents is 1. The van der Waals surface area contributed by atoms with E-state index in [1.54, 1.807) is 12.1 Å². The fourth-order valence-electron chi connectivity index (χ4n) is 8.44. The number of ether oxygens (including phenoxy) is 2. The molecule has 1 aliphatic heterocycles. The van der Waals surface area contributed by atoms with Gasteiger partial charge in [-0.05, 0) is 124 Å². The van der Waals surface area contributed by atoms with E-state index in [9.17, 15) is 10.1 Å². The molecule has 56 heavy (non-hydrogen) atoms. The number of nitrogens with two attached hydrogens (primary N) is 2. The minimum Gasteiger partial charge on any atom is -0.491 e. The van der Waals surface area contributed by atoms with Crippen LogP contribution in [0, 0.1) is 10.1 Å². The van der Waals surface area contributed by atoms with Gasteiger partial charge in [-0.15, -0.1) is 0 Å². The summed E-state index contributed by atoms with van der Waals surface area (Å²) in [5.74, 6) is 1.74. The lowest BCUT2D eigenvalue weighted by Crippen LogP contribution is -2.79. The Hall–Kier alpha value is -4.79. The van der Waals surface area contributed by atoms with E-state index in [1.165, 1.54) is 39.2 Å². The Morgan fingerprint density at radius 1 is 0.875 bits per heavy atom. The van der Waals surface area contributed by atoms with Crippen molar-refractivity contribution in [2.45, 2.75) is 111 Å². The Labute approximate surface area is 337 Å². The first kappa shape index (κ1) is 40.9. The first-order valence-electron chi connectivity index (χ1n) is 20.0. The van der Waals surface area contributed by atoms with E-state index in [4.69, 9.17) is 26.8 Å². The number of nitrogens with zero attached hydrogens (tertiary/aromatic N) is 2. The van der Waals surface area contributed by atoms with Crippen LogP contribution in [0.4, 0.5) is 22.7 Å². The molecule has 296 valence electrons. The van der Waals surface area contributed by atoms with Gasteiger partial charge in [0.25, 0.3) is 5.69 Å². The summed E-state index contributed by atoms with van der Waals surface area (Å²) in [5.41, 5.74) is 16.9. The van der Waals surface area contributed by atoms with E-state index >= 15 is 0 Å². The molecule has 0 unspecified atom stereocenters. The molecule has 2 aliphatic rings. The van der Waals surface area contributed by atoms with Crippen LogP contribution >= 0.6 is 11.6 Å². The number of quaternary nitrogens is 1. The van der Waals surface area contributed by atoms with Gasteiger partial charge in [-0.25, -0.2) is 0 Å². The van der Waals surface area contributed by atoms with Crippen LogP contribution in [-0.2, 0) is 23.7 Å². The van der Waals surface area contributed by atoms with Crippen LogP contribution in [0.1, 0.15) is 96.9 Å². The number of hydrogen-bond donors (Lipinski definition) is 2. The first-order valence-corrected chi connectivity index (χ1v) is 20.3. The second kappa shape index (κ2) is 16.7. The maximum Gasteiger partial charge on any atom is 0.270 e. The molecule has 0 saturated heterocycles. The Kier molecular flexibility index (Phi) is 12.2. The summed E-state index contributed by atoms with van der Waals surface area (Å²) in [5, 5.41) is 15.0. The lowest BCUT2D eigenvalue weighted by molar-refractivity contribution is -0.571. The summed E-state index contributed by atoms with van der Waals surface area (Å²) >= 11 is 7.50.